The Balaban J connectivity index is 1.83. The average Bonchev–Trinajstić information content (AvgIpc) is 3.14. The molecule has 0 radical (unpaired) electrons. The first kappa shape index (κ1) is 19.9. The van der Waals surface area contributed by atoms with Gasteiger partial charge in [-0.15, -0.1) is 10.2 Å². The van der Waals surface area contributed by atoms with Gasteiger partial charge >= 0.3 is 0 Å². The van der Waals surface area contributed by atoms with Gasteiger partial charge in [0.15, 0.2) is 11.0 Å². The molecule has 2 aromatic carbocycles. The SMILES string of the molecule is CCc1ccc(OCc2nnc(SCC(N)=O)n2[C@@H](C)c2ccccc2)cc1. The maximum absolute atomic E-state index is 11.2. The number of amides is 1. The van der Waals surface area contributed by atoms with E-state index in [2.05, 4.69) is 48.3 Å². The Bertz CT molecular complexity index is 910. The predicted molar refractivity (Wildman–Crippen MR) is 110 cm³/mol. The van der Waals surface area contributed by atoms with Gasteiger partial charge in [0, 0.05) is 0 Å². The summed E-state index contributed by atoms with van der Waals surface area (Å²) in [5.74, 6) is 1.24. The van der Waals surface area contributed by atoms with E-state index < -0.39 is 0 Å². The minimum atomic E-state index is -0.388. The minimum Gasteiger partial charge on any atom is -0.486 e. The highest BCUT2D eigenvalue weighted by Gasteiger charge is 2.20. The lowest BCUT2D eigenvalue weighted by Crippen LogP contribution is -2.16. The maximum Gasteiger partial charge on any atom is 0.227 e. The first-order chi connectivity index (χ1) is 13.6. The van der Waals surface area contributed by atoms with Crippen molar-refractivity contribution in [2.24, 2.45) is 5.73 Å². The van der Waals surface area contributed by atoms with Crippen molar-refractivity contribution in [1.29, 1.82) is 0 Å². The third-order valence-corrected chi connectivity index (χ3v) is 5.41. The summed E-state index contributed by atoms with van der Waals surface area (Å²) in [5, 5.41) is 9.22. The van der Waals surface area contributed by atoms with E-state index in [4.69, 9.17) is 10.5 Å². The van der Waals surface area contributed by atoms with Gasteiger partial charge in [0.2, 0.25) is 5.91 Å². The van der Waals surface area contributed by atoms with Gasteiger partial charge in [-0.05, 0) is 36.6 Å². The predicted octanol–water partition coefficient (Wildman–Crippen LogP) is 3.61. The molecular weight excluding hydrogens is 372 g/mol. The van der Waals surface area contributed by atoms with Crippen molar-refractivity contribution in [2.45, 2.75) is 38.1 Å². The molecule has 0 spiro atoms. The van der Waals surface area contributed by atoms with Crippen LogP contribution in [0.1, 0.15) is 36.8 Å². The summed E-state index contributed by atoms with van der Waals surface area (Å²) in [7, 11) is 0. The number of hydrogen-bond donors (Lipinski definition) is 1. The summed E-state index contributed by atoms with van der Waals surface area (Å²) in [4.78, 5) is 11.2. The second-order valence-electron chi connectivity index (χ2n) is 6.40. The van der Waals surface area contributed by atoms with E-state index >= 15 is 0 Å². The minimum absolute atomic E-state index is 0.00681. The number of carbonyl (C=O) groups is 1. The molecule has 1 aromatic heterocycles. The van der Waals surface area contributed by atoms with Crippen molar-refractivity contribution in [2.75, 3.05) is 5.75 Å². The summed E-state index contributed by atoms with van der Waals surface area (Å²) >= 11 is 1.28. The number of hydrogen-bond acceptors (Lipinski definition) is 5. The van der Waals surface area contributed by atoms with Crippen molar-refractivity contribution in [1.82, 2.24) is 14.8 Å². The molecule has 7 heteroatoms. The van der Waals surface area contributed by atoms with Crippen molar-refractivity contribution in [3.63, 3.8) is 0 Å². The van der Waals surface area contributed by atoms with E-state index in [1.54, 1.807) is 0 Å². The van der Waals surface area contributed by atoms with Crippen LogP contribution < -0.4 is 10.5 Å². The van der Waals surface area contributed by atoms with Gasteiger partial charge < -0.3 is 10.5 Å². The van der Waals surface area contributed by atoms with Crippen molar-refractivity contribution < 1.29 is 9.53 Å². The Morgan fingerprint density at radius 1 is 1.14 bits per heavy atom. The fraction of sp³-hybridized carbons (Fsp3) is 0.286. The molecule has 0 unspecified atom stereocenters. The fourth-order valence-electron chi connectivity index (χ4n) is 2.88. The zero-order valence-corrected chi connectivity index (χ0v) is 16.9. The monoisotopic (exact) mass is 396 g/mol. The highest BCUT2D eigenvalue weighted by molar-refractivity contribution is 7.99. The van der Waals surface area contributed by atoms with Gasteiger partial charge in [0.25, 0.3) is 0 Å². The van der Waals surface area contributed by atoms with E-state index in [1.807, 2.05) is 34.9 Å². The fourth-order valence-corrected chi connectivity index (χ4v) is 3.65. The number of benzene rings is 2. The largest absolute Gasteiger partial charge is 0.486 e. The van der Waals surface area contributed by atoms with E-state index in [-0.39, 0.29) is 24.3 Å². The molecule has 146 valence electrons. The van der Waals surface area contributed by atoms with Crippen molar-refractivity contribution >= 4 is 17.7 Å². The number of nitrogens with zero attached hydrogens (tertiary/aromatic N) is 3. The van der Waals surface area contributed by atoms with Crippen LogP contribution in [0, 0.1) is 0 Å². The number of thioether (sulfide) groups is 1. The Hall–Kier alpha value is -2.80. The van der Waals surface area contributed by atoms with Crippen molar-refractivity contribution in [3.8, 4) is 5.75 Å². The number of aromatic nitrogens is 3. The van der Waals surface area contributed by atoms with Gasteiger partial charge in [-0.25, -0.2) is 0 Å². The van der Waals surface area contributed by atoms with Gasteiger partial charge in [-0.2, -0.15) is 0 Å². The summed E-state index contributed by atoms with van der Waals surface area (Å²) in [6.07, 6.45) is 0.990. The zero-order valence-electron chi connectivity index (χ0n) is 16.0. The molecule has 1 amide bonds. The Kier molecular flexibility index (Phi) is 6.71. The molecule has 1 heterocycles. The lowest BCUT2D eigenvalue weighted by molar-refractivity contribution is -0.115. The zero-order chi connectivity index (χ0) is 19.9. The van der Waals surface area contributed by atoms with Crippen LogP contribution in [0.5, 0.6) is 5.75 Å². The van der Waals surface area contributed by atoms with Crippen LogP contribution in [0.2, 0.25) is 0 Å². The first-order valence-corrected chi connectivity index (χ1v) is 10.2. The molecule has 2 N–H and O–H groups in total. The van der Waals surface area contributed by atoms with Crippen LogP contribution in [0.3, 0.4) is 0 Å². The normalized spacial score (nSPS) is 11.9. The van der Waals surface area contributed by atoms with E-state index in [0.717, 1.165) is 17.7 Å². The Morgan fingerprint density at radius 2 is 1.86 bits per heavy atom. The molecule has 0 aliphatic carbocycles. The average molecular weight is 397 g/mol. The second kappa shape index (κ2) is 9.41. The van der Waals surface area contributed by atoms with E-state index in [1.165, 1.54) is 17.3 Å². The Labute approximate surface area is 169 Å². The lowest BCUT2D eigenvalue weighted by atomic mass is 10.1. The molecule has 6 nitrogen and oxygen atoms in total. The van der Waals surface area contributed by atoms with E-state index in [9.17, 15) is 4.79 Å². The van der Waals surface area contributed by atoms with Gasteiger partial charge in [0.05, 0.1) is 11.8 Å². The molecule has 0 aliphatic heterocycles. The molecule has 3 aromatic rings. The number of ether oxygens (including phenoxy) is 1. The maximum atomic E-state index is 11.2. The Morgan fingerprint density at radius 3 is 2.50 bits per heavy atom. The summed E-state index contributed by atoms with van der Waals surface area (Å²) in [6, 6.07) is 18.1. The second-order valence-corrected chi connectivity index (χ2v) is 7.34. The summed E-state index contributed by atoms with van der Waals surface area (Å²) in [5.41, 5.74) is 7.69. The third-order valence-electron chi connectivity index (χ3n) is 4.45. The molecule has 3 rings (SSSR count). The molecule has 0 fully saturated rings. The third kappa shape index (κ3) is 4.92. The van der Waals surface area contributed by atoms with Crippen LogP contribution in [0.25, 0.3) is 0 Å². The number of nitrogens with two attached hydrogens (primary N) is 1. The topological polar surface area (TPSA) is 83.0 Å². The quantitative estimate of drug-likeness (QED) is 0.559. The standard InChI is InChI=1S/C21H24N4O2S/c1-3-16-9-11-18(12-10-16)27-13-20-23-24-21(28-14-19(22)26)25(20)15(2)17-7-5-4-6-8-17/h4-12,15H,3,13-14H2,1-2H3,(H2,22,26)/t15-/m0/s1. The highest BCUT2D eigenvalue weighted by atomic mass is 32.2. The van der Waals surface area contributed by atoms with Crippen LogP contribution in [-0.2, 0) is 17.8 Å². The molecule has 0 bridgehead atoms. The highest BCUT2D eigenvalue weighted by Crippen LogP contribution is 2.27. The van der Waals surface area contributed by atoms with Crippen LogP contribution in [0.15, 0.2) is 59.8 Å². The number of rotatable bonds is 9. The molecule has 0 aliphatic rings. The van der Waals surface area contributed by atoms with Crippen LogP contribution in [0.4, 0.5) is 0 Å². The molecule has 0 saturated carbocycles. The van der Waals surface area contributed by atoms with Crippen LogP contribution >= 0.6 is 11.8 Å². The van der Waals surface area contributed by atoms with Gasteiger partial charge in [-0.1, -0.05) is 61.2 Å². The van der Waals surface area contributed by atoms with E-state index in [0.29, 0.717) is 11.0 Å². The van der Waals surface area contributed by atoms with Crippen LogP contribution in [-0.4, -0.2) is 26.4 Å². The van der Waals surface area contributed by atoms with Crippen molar-refractivity contribution in [3.05, 3.63) is 71.5 Å². The number of primary amides is 1. The molecular formula is C21H24N4O2S. The van der Waals surface area contributed by atoms with Gasteiger partial charge in [0.1, 0.15) is 12.4 Å². The number of carbonyl (C=O) groups excluding carboxylic acids is 1. The molecule has 28 heavy (non-hydrogen) atoms. The molecule has 1 atom stereocenters. The first-order valence-electron chi connectivity index (χ1n) is 9.20. The smallest absolute Gasteiger partial charge is 0.227 e. The van der Waals surface area contributed by atoms with Gasteiger partial charge in [-0.3, -0.25) is 9.36 Å². The summed E-state index contributed by atoms with van der Waals surface area (Å²) < 4.78 is 7.94. The summed E-state index contributed by atoms with van der Waals surface area (Å²) in [6.45, 7) is 4.48. The lowest BCUT2D eigenvalue weighted by Gasteiger charge is -2.18. The molecule has 0 saturated heterocycles. The number of aryl methyl sites for hydroxylation is 1.